The van der Waals surface area contributed by atoms with Crippen molar-refractivity contribution in [2.75, 3.05) is 0 Å². The summed E-state index contributed by atoms with van der Waals surface area (Å²) in [5.41, 5.74) is 1.42. The second-order valence-electron chi connectivity index (χ2n) is 6.16. The molecule has 5 rings (SSSR count). The van der Waals surface area contributed by atoms with Crippen LogP contribution in [-0.2, 0) is 12.8 Å². The Morgan fingerprint density at radius 2 is 2.24 bits per heavy atom. The van der Waals surface area contributed by atoms with Crippen LogP contribution in [0.5, 0.6) is 0 Å². The number of aromatic nitrogens is 4. The van der Waals surface area contributed by atoms with Gasteiger partial charge in [-0.05, 0) is 54.0 Å². The molecule has 1 aliphatic carbocycles. The molecular weight excluding hydrogens is 372 g/mol. The van der Waals surface area contributed by atoms with Gasteiger partial charge in [0.1, 0.15) is 16.2 Å². The molecule has 8 heteroatoms. The third kappa shape index (κ3) is 2.78. The van der Waals surface area contributed by atoms with Gasteiger partial charge in [-0.15, -0.1) is 32.9 Å². The summed E-state index contributed by atoms with van der Waals surface area (Å²) in [6.07, 6.45) is 5.10. The highest BCUT2D eigenvalue weighted by molar-refractivity contribution is 7.99. The second kappa shape index (κ2) is 6.19. The predicted molar refractivity (Wildman–Crippen MR) is 100 cm³/mol. The van der Waals surface area contributed by atoms with Crippen molar-refractivity contribution in [3.8, 4) is 10.8 Å². The van der Waals surface area contributed by atoms with Crippen LogP contribution in [0.1, 0.15) is 23.8 Å². The van der Waals surface area contributed by atoms with Gasteiger partial charge in [0.15, 0.2) is 0 Å². The number of rotatable bonds is 3. The molecule has 1 atom stereocenters. The Bertz CT molecular complexity index is 1040. The molecule has 0 saturated heterocycles. The number of aryl methyl sites for hydroxylation is 1. The van der Waals surface area contributed by atoms with E-state index in [-0.39, 0.29) is 0 Å². The van der Waals surface area contributed by atoms with E-state index in [4.69, 9.17) is 4.42 Å². The Kier molecular flexibility index (Phi) is 3.83. The summed E-state index contributed by atoms with van der Waals surface area (Å²) in [5, 5.41) is 12.9. The smallest absolute Gasteiger partial charge is 0.283 e. The first-order valence-corrected chi connectivity index (χ1v) is 10.6. The third-order valence-corrected chi connectivity index (χ3v) is 7.24. The zero-order valence-corrected chi connectivity index (χ0v) is 15.9. The zero-order valence-electron chi connectivity index (χ0n) is 13.4. The van der Waals surface area contributed by atoms with Gasteiger partial charge in [0.05, 0.1) is 4.88 Å². The summed E-state index contributed by atoms with van der Waals surface area (Å²) in [6, 6.07) is 3.95. The van der Waals surface area contributed by atoms with Crippen LogP contribution in [0.25, 0.3) is 21.0 Å². The van der Waals surface area contributed by atoms with Crippen LogP contribution in [0.3, 0.4) is 0 Å². The average Bonchev–Trinajstić information content (AvgIpc) is 3.33. The third-order valence-electron chi connectivity index (χ3n) is 4.38. The molecule has 0 aliphatic heterocycles. The fourth-order valence-electron chi connectivity index (χ4n) is 3.16. The van der Waals surface area contributed by atoms with Crippen molar-refractivity contribution in [2.45, 2.75) is 36.4 Å². The molecule has 4 heterocycles. The minimum atomic E-state index is 0.521. The second-order valence-corrected chi connectivity index (χ2v) is 9.13. The maximum Gasteiger partial charge on any atom is 0.283 e. The van der Waals surface area contributed by atoms with Crippen LogP contribution in [0, 0.1) is 5.92 Å². The molecule has 4 aromatic rings. The first-order chi connectivity index (χ1) is 12.3. The van der Waals surface area contributed by atoms with Crippen molar-refractivity contribution < 1.29 is 4.42 Å². The molecular formula is C17H14N4OS3. The van der Waals surface area contributed by atoms with Gasteiger partial charge in [0.25, 0.3) is 11.1 Å². The SMILES string of the molecule is C[C@@H]1CCc2c(sc3ncnc(Sc4nnc(-c5cccs5)o4)c23)C1. The molecule has 5 nitrogen and oxygen atoms in total. The highest BCUT2D eigenvalue weighted by Gasteiger charge is 2.24. The Morgan fingerprint density at radius 3 is 3.12 bits per heavy atom. The lowest BCUT2D eigenvalue weighted by molar-refractivity contribution is 0.466. The largest absolute Gasteiger partial charge is 0.410 e. The molecule has 0 aromatic carbocycles. The molecule has 1 aliphatic rings. The maximum atomic E-state index is 5.81. The molecule has 126 valence electrons. The molecule has 0 N–H and O–H groups in total. The molecule has 0 spiro atoms. The molecule has 4 aromatic heterocycles. The standard InChI is InChI=1S/C17H14N4OS3/c1-9-4-5-10-12(7-9)24-15-13(10)16(19-8-18-15)25-17-21-20-14(22-17)11-3-2-6-23-11/h2-3,6,8-9H,4-5,7H2,1H3/t9-/m1/s1. The normalized spacial score (nSPS) is 17.1. The van der Waals surface area contributed by atoms with E-state index in [1.54, 1.807) is 29.0 Å². The van der Waals surface area contributed by atoms with Gasteiger partial charge in [0, 0.05) is 10.3 Å². The Balaban J connectivity index is 1.53. The quantitative estimate of drug-likeness (QED) is 0.458. The van der Waals surface area contributed by atoms with Gasteiger partial charge in [-0.1, -0.05) is 13.0 Å². The van der Waals surface area contributed by atoms with Gasteiger partial charge >= 0.3 is 0 Å². The van der Waals surface area contributed by atoms with Crippen LogP contribution >= 0.6 is 34.4 Å². The number of nitrogens with zero attached hydrogens (tertiary/aromatic N) is 4. The molecule has 0 unspecified atom stereocenters. The van der Waals surface area contributed by atoms with Crippen molar-refractivity contribution in [1.29, 1.82) is 0 Å². The molecule has 25 heavy (non-hydrogen) atoms. The van der Waals surface area contributed by atoms with Gasteiger partial charge < -0.3 is 4.42 Å². The lowest BCUT2D eigenvalue weighted by Gasteiger charge is -2.17. The first-order valence-electron chi connectivity index (χ1n) is 8.08. The Labute approximate surface area is 156 Å². The molecule has 0 amide bonds. The minimum absolute atomic E-state index is 0.521. The average molecular weight is 387 g/mol. The minimum Gasteiger partial charge on any atom is -0.410 e. The lowest BCUT2D eigenvalue weighted by Crippen LogP contribution is -2.08. The Morgan fingerprint density at radius 1 is 1.28 bits per heavy atom. The van der Waals surface area contributed by atoms with E-state index in [1.807, 2.05) is 17.5 Å². The van der Waals surface area contributed by atoms with E-state index in [0.29, 0.717) is 11.1 Å². The van der Waals surface area contributed by atoms with E-state index in [1.165, 1.54) is 34.0 Å². The predicted octanol–water partition coefficient (Wildman–Crippen LogP) is 5.08. The fourth-order valence-corrected chi connectivity index (χ4v) is 6.01. The monoisotopic (exact) mass is 386 g/mol. The van der Waals surface area contributed by atoms with Gasteiger partial charge in [-0.2, -0.15) is 0 Å². The number of hydrogen-bond donors (Lipinski definition) is 0. The fraction of sp³-hybridized carbons (Fsp3) is 0.294. The number of fused-ring (bicyclic) bond motifs is 3. The van der Waals surface area contributed by atoms with Gasteiger partial charge in [0.2, 0.25) is 0 Å². The van der Waals surface area contributed by atoms with Gasteiger partial charge in [-0.3, -0.25) is 0 Å². The summed E-state index contributed by atoms with van der Waals surface area (Å²) in [7, 11) is 0. The van der Waals surface area contributed by atoms with E-state index in [2.05, 4.69) is 27.1 Å². The molecule has 0 bridgehead atoms. The van der Waals surface area contributed by atoms with E-state index >= 15 is 0 Å². The van der Waals surface area contributed by atoms with Crippen LogP contribution in [0.4, 0.5) is 0 Å². The van der Waals surface area contributed by atoms with Gasteiger partial charge in [-0.25, -0.2) is 9.97 Å². The number of hydrogen-bond acceptors (Lipinski definition) is 8. The molecule has 0 fully saturated rings. The maximum absolute atomic E-state index is 5.81. The van der Waals surface area contributed by atoms with E-state index in [9.17, 15) is 0 Å². The Hall–Kier alpha value is -1.77. The highest BCUT2D eigenvalue weighted by Crippen LogP contribution is 2.42. The lowest BCUT2D eigenvalue weighted by atomic mass is 9.89. The first kappa shape index (κ1) is 15.5. The van der Waals surface area contributed by atoms with Crippen LogP contribution in [-0.4, -0.2) is 20.2 Å². The highest BCUT2D eigenvalue weighted by atomic mass is 32.2. The number of thiophene rings is 2. The zero-order chi connectivity index (χ0) is 16.8. The summed E-state index contributed by atoms with van der Waals surface area (Å²) in [6.45, 7) is 2.32. The topological polar surface area (TPSA) is 64.7 Å². The summed E-state index contributed by atoms with van der Waals surface area (Å²) in [5.74, 6) is 1.30. The molecule has 0 saturated carbocycles. The van der Waals surface area contributed by atoms with Crippen molar-refractivity contribution in [3.05, 3.63) is 34.3 Å². The summed E-state index contributed by atoms with van der Waals surface area (Å²) in [4.78, 5) is 12.5. The van der Waals surface area contributed by atoms with E-state index < -0.39 is 0 Å². The van der Waals surface area contributed by atoms with Crippen molar-refractivity contribution in [3.63, 3.8) is 0 Å². The van der Waals surface area contributed by atoms with Crippen molar-refractivity contribution >= 4 is 44.7 Å². The summed E-state index contributed by atoms with van der Waals surface area (Å²) < 4.78 is 5.81. The molecule has 0 radical (unpaired) electrons. The van der Waals surface area contributed by atoms with Crippen molar-refractivity contribution in [2.24, 2.45) is 5.92 Å². The van der Waals surface area contributed by atoms with Crippen molar-refractivity contribution in [1.82, 2.24) is 20.2 Å². The van der Waals surface area contributed by atoms with Crippen LogP contribution in [0.2, 0.25) is 0 Å². The van der Waals surface area contributed by atoms with Crippen LogP contribution in [0.15, 0.2) is 38.5 Å². The van der Waals surface area contributed by atoms with Crippen LogP contribution < -0.4 is 0 Å². The summed E-state index contributed by atoms with van der Waals surface area (Å²) >= 11 is 4.82. The van der Waals surface area contributed by atoms with E-state index in [0.717, 1.165) is 33.5 Å².